The normalized spacial score (nSPS) is 14.6. The molecule has 0 amide bonds. The summed E-state index contributed by atoms with van der Waals surface area (Å²) in [6, 6.07) is 8.59. The van der Waals surface area contributed by atoms with Gasteiger partial charge in [0.25, 0.3) is 0 Å². The van der Waals surface area contributed by atoms with Crippen LogP contribution in [-0.2, 0) is 13.6 Å². The molecule has 1 aliphatic heterocycles. The first-order valence-electron chi connectivity index (χ1n) is 6.81. The summed E-state index contributed by atoms with van der Waals surface area (Å²) >= 11 is 3.66. The van der Waals surface area contributed by atoms with E-state index in [-0.39, 0.29) is 0 Å². The van der Waals surface area contributed by atoms with E-state index in [0.717, 1.165) is 29.8 Å². The highest BCUT2D eigenvalue weighted by molar-refractivity contribution is 9.10. The maximum atomic E-state index is 4.48. The van der Waals surface area contributed by atoms with Crippen LogP contribution in [0.4, 0.5) is 11.4 Å². The fraction of sp³-hybridized carbons (Fsp3) is 0.400. The Morgan fingerprint density at radius 3 is 2.50 bits per heavy atom. The molecular formula is C15H19BrN4. The lowest BCUT2D eigenvalue weighted by Crippen LogP contribution is -2.39. The van der Waals surface area contributed by atoms with Crippen molar-refractivity contribution in [1.29, 1.82) is 0 Å². The molecule has 20 heavy (non-hydrogen) atoms. The minimum Gasteiger partial charge on any atom is -0.371 e. The van der Waals surface area contributed by atoms with Crippen molar-refractivity contribution in [3.05, 3.63) is 40.1 Å². The molecule has 1 aliphatic rings. The number of hydrogen-bond acceptors (Lipinski definition) is 3. The average Bonchev–Trinajstić information content (AvgIpc) is 2.68. The number of nitrogens with zero attached hydrogens (tertiary/aromatic N) is 4. The lowest BCUT2D eigenvalue weighted by Gasteiger charge is -2.37. The lowest BCUT2D eigenvalue weighted by atomic mass is 10.1. The summed E-state index contributed by atoms with van der Waals surface area (Å²) in [6.45, 7) is 4.99. The molecule has 0 N–H and O–H groups in total. The van der Waals surface area contributed by atoms with Crippen LogP contribution in [0.15, 0.2) is 28.7 Å². The molecule has 0 unspecified atom stereocenters. The van der Waals surface area contributed by atoms with Gasteiger partial charge in [-0.25, -0.2) is 0 Å². The molecule has 2 heterocycles. The Morgan fingerprint density at radius 2 is 1.85 bits per heavy atom. The van der Waals surface area contributed by atoms with Gasteiger partial charge >= 0.3 is 0 Å². The molecule has 0 saturated carbocycles. The predicted octanol–water partition coefficient (Wildman–Crippen LogP) is 2.95. The molecule has 1 aromatic heterocycles. The summed E-state index contributed by atoms with van der Waals surface area (Å²) in [5.74, 6) is 0. The van der Waals surface area contributed by atoms with Gasteiger partial charge in [-0.3, -0.25) is 4.68 Å². The molecule has 106 valence electrons. The number of halogens is 1. The maximum absolute atomic E-state index is 4.48. The van der Waals surface area contributed by atoms with Gasteiger partial charge in [0, 0.05) is 27.2 Å². The van der Waals surface area contributed by atoms with Crippen LogP contribution in [0.2, 0.25) is 0 Å². The van der Waals surface area contributed by atoms with E-state index >= 15 is 0 Å². The van der Waals surface area contributed by atoms with Gasteiger partial charge in [0.15, 0.2) is 0 Å². The van der Waals surface area contributed by atoms with Crippen molar-refractivity contribution in [2.75, 3.05) is 29.9 Å². The van der Waals surface area contributed by atoms with E-state index < -0.39 is 0 Å². The van der Waals surface area contributed by atoms with Crippen molar-refractivity contribution in [2.24, 2.45) is 7.05 Å². The van der Waals surface area contributed by atoms with Crippen LogP contribution in [0.25, 0.3) is 0 Å². The number of benzene rings is 1. The van der Waals surface area contributed by atoms with Crippen molar-refractivity contribution < 1.29 is 0 Å². The van der Waals surface area contributed by atoms with E-state index in [9.17, 15) is 0 Å². The maximum Gasteiger partial charge on any atom is 0.0739 e. The number of hydrogen-bond donors (Lipinski definition) is 0. The number of likely N-dealkylation sites (N-methyl/N-ethyl adjacent to an activating group) is 1. The summed E-state index contributed by atoms with van der Waals surface area (Å²) in [5.41, 5.74) is 4.87. The fourth-order valence-electron chi connectivity index (χ4n) is 2.76. The molecule has 4 nitrogen and oxygen atoms in total. The Kier molecular flexibility index (Phi) is 3.46. The molecule has 3 rings (SSSR count). The minimum atomic E-state index is 0.878. The standard InChI is InChI=1S/C15H19BrN4/c1-11-15(16)14(19(3)17-11)10-20-9-8-18(2)12-6-4-5-7-13(12)20/h4-7H,8-10H2,1-3H3. The third-order valence-corrected chi connectivity index (χ3v) is 4.97. The Bertz CT molecular complexity index is 635. The first-order chi connectivity index (χ1) is 9.58. The molecule has 0 atom stereocenters. The number of fused-ring (bicyclic) bond motifs is 1. The second-order valence-electron chi connectivity index (χ2n) is 5.30. The van der Waals surface area contributed by atoms with Crippen molar-refractivity contribution in [2.45, 2.75) is 13.5 Å². The quantitative estimate of drug-likeness (QED) is 0.843. The van der Waals surface area contributed by atoms with Crippen LogP contribution in [0.3, 0.4) is 0 Å². The zero-order valence-electron chi connectivity index (χ0n) is 12.1. The van der Waals surface area contributed by atoms with Crippen LogP contribution in [-0.4, -0.2) is 29.9 Å². The SMILES string of the molecule is Cc1nn(C)c(CN2CCN(C)c3ccccc32)c1Br. The largest absolute Gasteiger partial charge is 0.371 e. The van der Waals surface area contributed by atoms with Crippen LogP contribution < -0.4 is 9.80 Å². The van der Waals surface area contributed by atoms with Gasteiger partial charge in [-0.2, -0.15) is 5.10 Å². The molecule has 0 bridgehead atoms. The van der Waals surface area contributed by atoms with Gasteiger partial charge in [0.05, 0.1) is 33.8 Å². The van der Waals surface area contributed by atoms with Crippen LogP contribution in [0.5, 0.6) is 0 Å². The van der Waals surface area contributed by atoms with E-state index in [1.54, 1.807) is 0 Å². The first-order valence-corrected chi connectivity index (χ1v) is 7.60. The van der Waals surface area contributed by atoms with Crippen molar-refractivity contribution in [1.82, 2.24) is 9.78 Å². The molecule has 0 radical (unpaired) electrons. The second-order valence-corrected chi connectivity index (χ2v) is 6.09. The minimum absolute atomic E-state index is 0.878. The third kappa shape index (κ3) is 2.20. The summed E-state index contributed by atoms with van der Waals surface area (Å²) in [5, 5.41) is 4.48. The average molecular weight is 335 g/mol. The van der Waals surface area contributed by atoms with E-state index in [2.05, 4.69) is 62.1 Å². The second kappa shape index (κ2) is 5.13. The molecule has 0 fully saturated rings. The fourth-order valence-corrected chi connectivity index (χ4v) is 3.22. The lowest BCUT2D eigenvalue weighted by molar-refractivity contribution is 0.661. The van der Waals surface area contributed by atoms with Gasteiger partial charge in [-0.1, -0.05) is 12.1 Å². The topological polar surface area (TPSA) is 24.3 Å². The van der Waals surface area contributed by atoms with E-state index in [4.69, 9.17) is 0 Å². The first kappa shape index (κ1) is 13.5. The van der Waals surface area contributed by atoms with E-state index in [0.29, 0.717) is 0 Å². The van der Waals surface area contributed by atoms with Gasteiger partial charge in [0.2, 0.25) is 0 Å². The predicted molar refractivity (Wildman–Crippen MR) is 86.4 cm³/mol. The third-order valence-electron chi connectivity index (χ3n) is 3.94. The Hall–Kier alpha value is -1.49. The zero-order chi connectivity index (χ0) is 14.3. The molecule has 0 saturated heterocycles. The monoisotopic (exact) mass is 334 g/mol. The van der Waals surface area contributed by atoms with Crippen molar-refractivity contribution in [3.8, 4) is 0 Å². The number of aryl methyl sites for hydroxylation is 2. The summed E-state index contributed by atoms with van der Waals surface area (Å²) in [6.07, 6.45) is 0. The summed E-state index contributed by atoms with van der Waals surface area (Å²) in [4.78, 5) is 4.74. The van der Waals surface area contributed by atoms with E-state index in [1.807, 2.05) is 18.7 Å². The van der Waals surface area contributed by atoms with Gasteiger partial charge < -0.3 is 9.80 Å². The molecule has 0 aliphatic carbocycles. The van der Waals surface area contributed by atoms with Crippen molar-refractivity contribution >= 4 is 27.3 Å². The highest BCUT2D eigenvalue weighted by Gasteiger charge is 2.22. The summed E-state index contributed by atoms with van der Waals surface area (Å²) < 4.78 is 3.09. The Balaban J connectivity index is 1.94. The van der Waals surface area contributed by atoms with Crippen molar-refractivity contribution in [3.63, 3.8) is 0 Å². The summed E-state index contributed by atoms with van der Waals surface area (Å²) in [7, 11) is 4.16. The smallest absolute Gasteiger partial charge is 0.0739 e. The van der Waals surface area contributed by atoms with Crippen LogP contribution >= 0.6 is 15.9 Å². The highest BCUT2D eigenvalue weighted by Crippen LogP contribution is 2.33. The Labute approximate surface area is 128 Å². The number of aromatic nitrogens is 2. The zero-order valence-corrected chi connectivity index (χ0v) is 13.7. The molecular weight excluding hydrogens is 316 g/mol. The van der Waals surface area contributed by atoms with Crippen LogP contribution in [0, 0.1) is 6.92 Å². The van der Waals surface area contributed by atoms with Gasteiger partial charge in [-0.15, -0.1) is 0 Å². The molecule has 5 heteroatoms. The number of rotatable bonds is 2. The Morgan fingerprint density at radius 1 is 1.15 bits per heavy atom. The molecule has 1 aromatic carbocycles. The van der Waals surface area contributed by atoms with E-state index in [1.165, 1.54) is 17.1 Å². The van der Waals surface area contributed by atoms with Gasteiger partial charge in [-0.05, 0) is 35.0 Å². The number of para-hydroxylation sites is 2. The molecule has 2 aromatic rings. The van der Waals surface area contributed by atoms with Crippen LogP contribution in [0.1, 0.15) is 11.4 Å². The highest BCUT2D eigenvalue weighted by atomic mass is 79.9. The van der Waals surface area contributed by atoms with Gasteiger partial charge in [0.1, 0.15) is 0 Å². The molecule has 0 spiro atoms. The number of anilines is 2.